The molecule has 1 aliphatic rings. The number of thiazole rings is 1. The van der Waals surface area contributed by atoms with Crippen LogP contribution in [0.3, 0.4) is 0 Å². The first-order chi connectivity index (χ1) is 9.06. The number of aromatic nitrogens is 1. The summed E-state index contributed by atoms with van der Waals surface area (Å²) in [4.78, 5) is 8.13. The summed E-state index contributed by atoms with van der Waals surface area (Å²) in [7, 11) is 2.14. The molecule has 0 saturated carbocycles. The molecule has 2 N–H and O–H groups in total. The summed E-state index contributed by atoms with van der Waals surface area (Å²) in [5, 5.41) is 1.02. The molecule has 100 valence electrons. The summed E-state index contributed by atoms with van der Waals surface area (Å²) < 4.78 is 0. The molecule has 0 radical (unpaired) electrons. The molecule has 1 atom stereocenters. The maximum absolute atomic E-state index is 6.36. The van der Waals surface area contributed by atoms with Gasteiger partial charge in [-0.25, -0.2) is 4.98 Å². The van der Waals surface area contributed by atoms with Crippen LogP contribution in [0.4, 0.5) is 5.69 Å². The number of likely N-dealkylation sites (N-methyl/N-ethyl adjacent to an activating group) is 1. The molecule has 0 aliphatic carbocycles. The van der Waals surface area contributed by atoms with E-state index in [0.717, 1.165) is 23.7 Å². The molecule has 1 aromatic carbocycles. The normalized spacial score (nSPS) is 15.7. The molecule has 0 saturated heterocycles. The van der Waals surface area contributed by atoms with E-state index < -0.39 is 0 Å². The lowest BCUT2D eigenvalue weighted by atomic mass is 10.0. The number of anilines is 1. The van der Waals surface area contributed by atoms with E-state index in [1.165, 1.54) is 21.7 Å². The zero-order valence-electron chi connectivity index (χ0n) is 11.6. The van der Waals surface area contributed by atoms with Gasteiger partial charge in [-0.15, -0.1) is 11.3 Å². The van der Waals surface area contributed by atoms with Gasteiger partial charge >= 0.3 is 0 Å². The first kappa shape index (κ1) is 12.6. The van der Waals surface area contributed by atoms with Crippen LogP contribution < -0.4 is 10.6 Å². The minimum atomic E-state index is -0.103. The molecule has 0 bridgehead atoms. The van der Waals surface area contributed by atoms with Crippen LogP contribution in [-0.4, -0.2) is 18.6 Å². The van der Waals surface area contributed by atoms with Gasteiger partial charge in [0, 0.05) is 24.2 Å². The Hall–Kier alpha value is -1.39. The van der Waals surface area contributed by atoms with E-state index in [2.05, 4.69) is 42.1 Å². The number of benzene rings is 1. The first-order valence-electron chi connectivity index (χ1n) is 6.59. The van der Waals surface area contributed by atoms with Crippen LogP contribution in [0.15, 0.2) is 18.2 Å². The predicted molar refractivity (Wildman–Crippen MR) is 81.0 cm³/mol. The second-order valence-electron chi connectivity index (χ2n) is 5.23. The summed E-state index contributed by atoms with van der Waals surface area (Å²) in [6, 6.07) is 6.46. The van der Waals surface area contributed by atoms with Crippen molar-refractivity contribution < 1.29 is 0 Å². The first-order valence-corrected chi connectivity index (χ1v) is 7.41. The van der Waals surface area contributed by atoms with Gasteiger partial charge in [-0.2, -0.15) is 0 Å². The lowest BCUT2D eigenvalue weighted by Crippen LogP contribution is -2.13. The molecular formula is C15H19N3S. The van der Waals surface area contributed by atoms with Crippen LogP contribution >= 0.6 is 11.3 Å². The van der Waals surface area contributed by atoms with Gasteiger partial charge in [0.15, 0.2) is 0 Å². The Kier molecular flexibility index (Phi) is 3.07. The highest BCUT2D eigenvalue weighted by molar-refractivity contribution is 7.11. The number of nitrogens with zero attached hydrogens (tertiary/aromatic N) is 2. The SMILES string of the molecule is Cc1nc(C(N)c2ccc3c(c2)CCN3C)sc1C. The molecular weight excluding hydrogens is 254 g/mol. The number of aryl methyl sites for hydroxylation is 2. The Bertz CT molecular complexity index is 598. The second kappa shape index (κ2) is 4.62. The molecule has 2 aromatic rings. The predicted octanol–water partition coefficient (Wildman–Crippen LogP) is 2.80. The Balaban J connectivity index is 1.94. The van der Waals surface area contributed by atoms with Crippen LogP contribution in [0.2, 0.25) is 0 Å². The van der Waals surface area contributed by atoms with Crippen molar-refractivity contribution in [3.05, 3.63) is 44.9 Å². The van der Waals surface area contributed by atoms with E-state index in [1.54, 1.807) is 11.3 Å². The lowest BCUT2D eigenvalue weighted by Gasteiger charge is -2.14. The van der Waals surface area contributed by atoms with Gasteiger partial charge in [0.25, 0.3) is 0 Å². The maximum Gasteiger partial charge on any atom is 0.114 e. The summed E-state index contributed by atoms with van der Waals surface area (Å²) in [6.07, 6.45) is 1.11. The van der Waals surface area contributed by atoms with Gasteiger partial charge in [-0.05, 0) is 37.5 Å². The summed E-state index contributed by atoms with van der Waals surface area (Å²) in [6.45, 7) is 5.24. The van der Waals surface area contributed by atoms with Crippen LogP contribution in [-0.2, 0) is 6.42 Å². The molecule has 19 heavy (non-hydrogen) atoms. The molecule has 0 amide bonds. The van der Waals surface area contributed by atoms with Crippen molar-refractivity contribution in [1.29, 1.82) is 0 Å². The van der Waals surface area contributed by atoms with Crippen LogP contribution in [0.5, 0.6) is 0 Å². The fourth-order valence-electron chi connectivity index (χ4n) is 2.55. The zero-order valence-corrected chi connectivity index (χ0v) is 12.4. The number of fused-ring (bicyclic) bond motifs is 1. The maximum atomic E-state index is 6.36. The molecule has 3 nitrogen and oxygen atoms in total. The van der Waals surface area contributed by atoms with Crippen LogP contribution in [0.1, 0.15) is 32.7 Å². The van der Waals surface area contributed by atoms with Gasteiger partial charge in [-0.1, -0.05) is 12.1 Å². The molecule has 1 aliphatic heterocycles. The molecule has 0 spiro atoms. The Morgan fingerprint density at radius 1 is 1.37 bits per heavy atom. The summed E-state index contributed by atoms with van der Waals surface area (Å²) in [5.74, 6) is 0. The zero-order chi connectivity index (χ0) is 13.6. The average Bonchev–Trinajstić information content (AvgIpc) is 2.93. The lowest BCUT2D eigenvalue weighted by molar-refractivity contribution is 0.850. The minimum Gasteiger partial charge on any atom is -0.374 e. The molecule has 4 heteroatoms. The van der Waals surface area contributed by atoms with Crippen LogP contribution in [0, 0.1) is 13.8 Å². The highest BCUT2D eigenvalue weighted by atomic mass is 32.1. The van der Waals surface area contributed by atoms with Crippen molar-refractivity contribution in [2.45, 2.75) is 26.3 Å². The Morgan fingerprint density at radius 2 is 2.16 bits per heavy atom. The van der Waals surface area contributed by atoms with Crippen molar-refractivity contribution in [2.24, 2.45) is 5.73 Å². The molecule has 3 rings (SSSR count). The van der Waals surface area contributed by atoms with Crippen LogP contribution in [0.25, 0.3) is 0 Å². The molecule has 0 fully saturated rings. The van der Waals surface area contributed by atoms with Gasteiger partial charge < -0.3 is 10.6 Å². The van der Waals surface area contributed by atoms with E-state index in [4.69, 9.17) is 5.73 Å². The molecule has 2 heterocycles. The fourth-order valence-corrected chi connectivity index (χ4v) is 3.51. The van der Waals surface area contributed by atoms with Crippen molar-refractivity contribution >= 4 is 17.0 Å². The largest absolute Gasteiger partial charge is 0.374 e. The van der Waals surface area contributed by atoms with Crippen molar-refractivity contribution in [3.8, 4) is 0 Å². The van der Waals surface area contributed by atoms with Crippen molar-refractivity contribution in [2.75, 3.05) is 18.5 Å². The van der Waals surface area contributed by atoms with Crippen molar-refractivity contribution in [1.82, 2.24) is 4.98 Å². The van der Waals surface area contributed by atoms with E-state index in [0.29, 0.717) is 0 Å². The quantitative estimate of drug-likeness (QED) is 0.915. The summed E-state index contributed by atoms with van der Waals surface area (Å²) >= 11 is 1.70. The summed E-state index contributed by atoms with van der Waals surface area (Å²) in [5.41, 5.74) is 11.4. The van der Waals surface area contributed by atoms with E-state index in [-0.39, 0.29) is 6.04 Å². The monoisotopic (exact) mass is 273 g/mol. The van der Waals surface area contributed by atoms with Gasteiger partial charge in [0.1, 0.15) is 5.01 Å². The number of hydrogen-bond acceptors (Lipinski definition) is 4. The minimum absolute atomic E-state index is 0.103. The third kappa shape index (κ3) is 2.15. The third-order valence-electron chi connectivity index (χ3n) is 3.90. The highest BCUT2D eigenvalue weighted by Crippen LogP contribution is 2.32. The van der Waals surface area contributed by atoms with Gasteiger partial charge in [0.05, 0.1) is 11.7 Å². The molecule has 1 aromatic heterocycles. The fraction of sp³-hybridized carbons (Fsp3) is 0.400. The number of nitrogens with two attached hydrogens (primary N) is 1. The van der Waals surface area contributed by atoms with E-state index >= 15 is 0 Å². The van der Waals surface area contributed by atoms with E-state index in [9.17, 15) is 0 Å². The third-order valence-corrected chi connectivity index (χ3v) is 5.06. The Labute approximate surface area is 118 Å². The Morgan fingerprint density at radius 3 is 2.84 bits per heavy atom. The van der Waals surface area contributed by atoms with Crippen molar-refractivity contribution in [3.63, 3.8) is 0 Å². The standard InChI is InChI=1S/C15H19N3S/c1-9-10(2)19-15(17-9)14(16)12-4-5-13-11(8-12)6-7-18(13)3/h4-5,8,14H,6-7,16H2,1-3H3. The number of rotatable bonds is 2. The van der Waals surface area contributed by atoms with Gasteiger partial charge in [0.2, 0.25) is 0 Å². The highest BCUT2D eigenvalue weighted by Gasteiger charge is 2.19. The average molecular weight is 273 g/mol. The number of hydrogen-bond donors (Lipinski definition) is 1. The topological polar surface area (TPSA) is 42.1 Å². The van der Waals surface area contributed by atoms with E-state index in [1.807, 2.05) is 6.92 Å². The molecule has 1 unspecified atom stereocenters. The van der Waals surface area contributed by atoms with Gasteiger partial charge in [-0.3, -0.25) is 0 Å². The second-order valence-corrected chi connectivity index (χ2v) is 6.47. The smallest absolute Gasteiger partial charge is 0.114 e.